The molecule has 5 heteroatoms. The number of amides is 1. The second-order valence-electron chi connectivity index (χ2n) is 3.30. The molecule has 0 radical (unpaired) electrons. The summed E-state index contributed by atoms with van der Waals surface area (Å²) in [4.78, 5) is 22.5. The lowest BCUT2D eigenvalue weighted by Gasteiger charge is -2.03. The zero-order valence-electron chi connectivity index (χ0n) is 8.41. The Balaban J connectivity index is 2.60. The predicted octanol–water partition coefficient (Wildman–Crippen LogP) is 2.51. The van der Waals surface area contributed by atoms with Crippen LogP contribution in [0.3, 0.4) is 0 Å². The third-order valence-corrected chi connectivity index (χ3v) is 2.60. The summed E-state index contributed by atoms with van der Waals surface area (Å²) >= 11 is 3.10. The topological polar surface area (TPSA) is 59.3 Å². The van der Waals surface area contributed by atoms with Gasteiger partial charge in [-0.2, -0.15) is 0 Å². The number of benzene rings is 1. The molecule has 0 aliphatic rings. The zero-order chi connectivity index (χ0) is 11.7. The average molecular weight is 282 g/mol. The summed E-state index contributed by atoms with van der Waals surface area (Å²) in [5.41, 5.74) is 0.917. The third kappa shape index (κ3) is 1.99. The van der Waals surface area contributed by atoms with Crippen molar-refractivity contribution in [2.24, 2.45) is 0 Å². The van der Waals surface area contributed by atoms with Gasteiger partial charge in [-0.3, -0.25) is 9.59 Å². The third-order valence-electron chi connectivity index (χ3n) is 2.05. The Kier molecular flexibility index (Phi) is 2.78. The number of nitrogens with one attached hydrogen (secondary N) is 1. The number of hydrogen-bond acceptors (Lipinski definition) is 3. The molecule has 0 aliphatic heterocycles. The molecule has 0 saturated heterocycles. The molecule has 1 N–H and O–H groups in total. The Hall–Kier alpha value is -1.62. The Morgan fingerprint density at radius 1 is 1.44 bits per heavy atom. The summed E-state index contributed by atoms with van der Waals surface area (Å²) in [5.74, 6) is -0.168. The summed E-state index contributed by atoms with van der Waals surface area (Å²) in [7, 11) is 0. The minimum absolute atomic E-state index is 0.129. The molecule has 0 spiro atoms. The summed E-state index contributed by atoms with van der Waals surface area (Å²) in [6, 6.07) is 4.90. The standard InChI is InChI=1S/C11H8BrNO3/c1-6(14)13-7-2-3-8-10(4-7)16-5-9(12)11(8)15/h2-5H,1H3,(H,13,14). The molecular formula is C11H8BrNO3. The van der Waals surface area contributed by atoms with E-state index in [1.165, 1.54) is 13.2 Å². The lowest BCUT2D eigenvalue weighted by atomic mass is 10.2. The predicted molar refractivity (Wildman–Crippen MR) is 64.5 cm³/mol. The Labute approximate surface area is 99.4 Å². The van der Waals surface area contributed by atoms with E-state index in [1.807, 2.05) is 0 Å². The SMILES string of the molecule is CC(=O)Nc1ccc2c(=O)c(Br)coc2c1. The first-order valence-electron chi connectivity index (χ1n) is 4.56. The fourth-order valence-electron chi connectivity index (χ4n) is 1.39. The molecule has 1 aromatic heterocycles. The van der Waals surface area contributed by atoms with Gasteiger partial charge >= 0.3 is 0 Å². The van der Waals surface area contributed by atoms with Crippen LogP contribution in [0.15, 0.2) is 38.1 Å². The van der Waals surface area contributed by atoms with Crippen LogP contribution >= 0.6 is 15.9 Å². The fourth-order valence-corrected chi connectivity index (χ4v) is 1.69. The van der Waals surface area contributed by atoms with Crippen LogP contribution in [0.2, 0.25) is 0 Å². The van der Waals surface area contributed by atoms with Gasteiger partial charge in [0.15, 0.2) is 0 Å². The first kappa shape index (κ1) is 10.9. The largest absolute Gasteiger partial charge is 0.463 e. The number of carbonyl (C=O) groups is 1. The molecule has 2 rings (SSSR count). The zero-order valence-corrected chi connectivity index (χ0v) is 10.00. The van der Waals surface area contributed by atoms with E-state index in [1.54, 1.807) is 18.2 Å². The van der Waals surface area contributed by atoms with E-state index in [4.69, 9.17) is 4.42 Å². The molecule has 0 aliphatic carbocycles. The molecule has 16 heavy (non-hydrogen) atoms. The van der Waals surface area contributed by atoms with Crippen LogP contribution in [-0.4, -0.2) is 5.91 Å². The molecule has 0 atom stereocenters. The Morgan fingerprint density at radius 3 is 2.88 bits per heavy atom. The number of fused-ring (bicyclic) bond motifs is 1. The van der Waals surface area contributed by atoms with Crippen LogP contribution in [-0.2, 0) is 4.79 Å². The van der Waals surface area contributed by atoms with Crippen molar-refractivity contribution in [1.29, 1.82) is 0 Å². The highest BCUT2D eigenvalue weighted by molar-refractivity contribution is 9.10. The second-order valence-corrected chi connectivity index (χ2v) is 4.16. The number of anilines is 1. The first-order valence-corrected chi connectivity index (χ1v) is 5.36. The molecule has 0 unspecified atom stereocenters. The molecular weight excluding hydrogens is 274 g/mol. The highest BCUT2D eigenvalue weighted by atomic mass is 79.9. The van der Waals surface area contributed by atoms with Gasteiger partial charge in [0.2, 0.25) is 11.3 Å². The van der Waals surface area contributed by atoms with Crippen LogP contribution in [0, 0.1) is 0 Å². The molecule has 1 amide bonds. The molecule has 4 nitrogen and oxygen atoms in total. The number of carbonyl (C=O) groups excluding carboxylic acids is 1. The lowest BCUT2D eigenvalue weighted by Crippen LogP contribution is -2.06. The summed E-state index contributed by atoms with van der Waals surface area (Å²) in [5, 5.41) is 3.09. The Bertz CT molecular complexity index is 618. The lowest BCUT2D eigenvalue weighted by molar-refractivity contribution is -0.114. The van der Waals surface area contributed by atoms with Crippen molar-refractivity contribution in [3.63, 3.8) is 0 Å². The number of rotatable bonds is 1. The van der Waals surface area contributed by atoms with Crippen molar-refractivity contribution >= 4 is 38.5 Å². The minimum atomic E-state index is -0.168. The molecule has 0 bridgehead atoms. The monoisotopic (exact) mass is 281 g/mol. The van der Waals surface area contributed by atoms with Gasteiger partial charge in [0.1, 0.15) is 16.3 Å². The Morgan fingerprint density at radius 2 is 2.19 bits per heavy atom. The van der Waals surface area contributed by atoms with Gasteiger partial charge in [-0.15, -0.1) is 0 Å². The van der Waals surface area contributed by atoms with Crippen LogP contribution < -0.4 is 10.7 Å². The van der Waals surface area contributed by atoms with Crippen molar-refractivity contribution < 1.29 is 9.21 Å². The van der Waals surface area contributed by atoms with E-state index in [-0.39, 0.29) is 11.3 Å². The number of hydrogen-bond donors (Lipinski definition) is 1. The van der Waals surface area contributed by atoms with E-state index < -0.39 is 0 Å². The maximum absolute atomic E-state index is 11.7. The fraction of sp³-hybridized carbons (Fsp3) is 0.0909. The first-order chi connectivity index (χ1) is 7.58. The highest BCUT2D eigenvalue weighted by Gasteiger charge is 2.05. The average Bonchev–Trinajstić information content (AvgIpc) is 2.23. The normalized spacial score (nSPS) is 10.4. The second kappa shape index (κ2) is 4.09. The highest BCUT2D eigenvalue weighted by Crippen LogP contribution is 2.18. The van der Waals surface area contributed by atoms with Crippen LogP contribution in [0.25, 0.3) is 11.0 Å². The molecule has 0 saturated carbocycles. The smallest absolute Gasteiger partial charge is 0.221 e. The number of halogens is 1. The van der Waals surface area contributed by atoms with Gasteiger partial charge in [0.25, 0.3) is 0 Å². The van der Waals surface area contributed by atoms with Crippen molar-refractivity contribution in [3.8, 4) is 0 Å². The van der Waals surface area contributed by atoms with Crippen LogP contribution in [0.4, 0.5) is 5.69 Å². The quantitative estimate of drug-likeness (QED) is 0.874. The molecule has 0 fully saturated rings. The molecule has 2 aromatic rings. The van der Waals surface area contributed by atoms with Gasteiger partial charge in [-0.1, -0.05) is 0 Å². The van der Waals surface area contributed by atoms with E-state index >= 15 is 0 Å². The van der Waals surface area contributed by atoms with E-state index in [9.17, 15) is 9.59 Å². The van der Waals surface area contributed by atoms with Gasteiger partial charge in [-0.25, -0.2) is 0 Å². The van der Waals surface area contributed by atoms with Crippen molar-refractivity contribution in [1.82, 2.24) is 0 Å². The van der Waals surface area contributed by atoms with E-state index in [0.29, 0.717) is 21.1 Å². The van der Waals surface area contributed by atoms with Crippen LogP contribution in [0.5, 0.6) is 0 Å². The van der Waals surface area contributed by atoms with Gasteiger partial charge in [0, 0.05) is 18.7 Å². The van der Waals surface area contributed by atoms with Gasteiger partial charge in [-0.05, 0) is 28.1 Å². The van der Waals surface area contributed by atoms with Crippen molar-refractivity contribution in [2.45, 2.75) is 6.92 Å². The molecule has 82 valence electrons. The maximum atomic E-state index is 11.7. The van der Waals surface area contributed by atoms with Gasteiger partial charge < -0.3 is 9.73 Å². The van der Waals surface area contributed by atoms with Crippen molar-refractivity contribution in [2.75, 3.05) is 5.32 Å². The van der Waals surface area contributed by atoms with E-state index in [2.05, 4.69) is 21.2 Å². The minimum Gasteiger partial charge on any atom is -0.463 e. The molecule has 1 heterocycles. The summed E-state index contributed by atoms with van der Waals surface area (Å²) in [6.07, 6.45) is 1.34. The van der Waals surface area contributed by atoms with E-state index in [0.717, 1.165) is 0 Å². The van der Waals surface area contributed by atoms with Gasteiger partial charge in [0.05, 0.1) is 5.39 Å². The summed E-state index contributed by atoms with van der Waals surface area (Å²) in [6.45, 7) is 1.42. The van der Waals surface area contributed by atoms with Crippen LogP contribution in [0.1, 0.15) is 6.92 Å². The maximum Gasteiger partial charge on any atom is 0.221 e. The molecule has 1 aromatic carbocycles. The summed E-state index contributed by atoms with van der Waals surface area (Å²) < 4.78 is 5.63. The van der Waals surface area contributed by atoms with Crippen molar-refractivity contribution in [3.05, 3.63) is 39.2 Å².